The van der Waals surface area contributed by atoms with E-state index in [-0.39, 0.29) is 12.4 Å². The van der Waals surface area contributed by atoms with Crippen molar-refractivity contribution in [2.45, 2.75) is 18.3 Å². The predicted octanol–water partition coefficient (Wildman–Crippen LogP) is 3.51. The minimum absolute atomic E-state index is 0.0615. The molecule has 0 aliphatic carbocycles. The molecular formula is C9H6F8N2O. The molecule has 0 fully saturated rings. The smallest absolute Gasteiger partial charge is 0.411 e. The summed E-state index contributed by atoms with van der Waals surface area (Å²) in [6.07, 6.45) is -11.5. The van der Waals surface area contributed by atoms with E-state index in [1.54, 1.807) is 0 Å². The maximum atomic E-state index is 13.3. The molecule has 0 bridgehead atoms. The first-order chi connectivity index (χ1) is 8.84. The molecule has 20 heavy (non-hydrogen) atoms. The highest BCUT2D eigenvalue weighted by molar-refractivity contribution is 5.81. The first-order valence-electron chi connectivity index (χ1n) is 4.73. The lowest BCUT2D eigenvalue weighted by molar-refractivity contribution is -0.291. The molecule has 0 radical (unpaired) electrons. The Hall–Kier alpha value is -1.81. The van der Waals surface area contributed by atoms with Gasteiger partial charge in [-0.1, -0.05) is 5.16 Å². The van der Waals surface area contributed by atoms with Gasteiger partial charge in [0.2, 0.25) is 0 Å². The average Bonchev–Trinajstić information content (AvgIpc) is 2.55. The van der Waals surface area contributed by atoms with Gasteiger partial charge in [0.25, 0.3) is 0 Å². The van der Waals surface area contributed by atoms with Gasteiger partial charge in [0.15, 0.2) is 0 Å². The van der Waals surface area contributed by atoms with Gasteiger partial charge < -0.3 is 9.77 Å². The average molecular weight is 310 g/mol. The van der Waals surface area contributed by atoms with Gasteiger partial charge in [0, 0.05) is 13.2 Å². The molecule has 0 atom stereocenters. The Morgan fingerprint density at radius 1 is 1.10 bits per heavy atom. The Kier molecular flexibility index (Phi) is 3.76. The third kappa shape index (κ3) is 2.56. The number of nitrogens with zero attached hydrogens (tertiary/aromatic N) is 2. The maximum absolute atomic E-state index is 13.3. The van der Waals surface area contributed by atoms with Gasteiger partial charge in [0.05, 0.1) is 23.0 Å². The Morgan fingerprint density at radius 2 is 1.60 bits per heavy atom. The third-order valence-electron chi connectivity index (χ3n) is 2.38. The van der Waals surface area contributed by atoms with E-state index in [1.165, 1.54) is 0 Å². The van der Waals surface area contributed by atoms with Gasteiger partial charge in [-0.05, 0) is 0 Å². The van der Waals surface area contributed by atoms with Crippen molar-refractivity contribution in [1.29, 1.82) is 0 Å². The zero-order chi connectivity index (χ0) is 15.9. The molecule has 0 saturated carbocycles. The number of hydrogen-bond donors (Lipinski definition) is 1. The van der Waals surface area contributed by atoms with Gasteiger partial charge in [-0.25, -0.2) is 0 Å². The van der Waals surface area contributed by atoms with Crippen molar-refractivity contribution in [1.82, 2.24) is 4.57 Å². The number of halogens is 8. The van der Waals surface area contributed by atoms with Crippen molar-refractivity contribution in [2.75, 3.05) is 0 Å². The Balaban J connectivity index is 3.74. The summed E-state index contributed by atoms with van der Waals surface area (Å²) in [4.78, 5) is 0. The summed E-state index contributed by atoms with van der Waals surface area (Å²) < 4.78 is 101. The lowest BCUT2D eigenvalue weighted by atomic mass is 10.0. The fourth-order valence-electron chi connectivity index (χ4n) is 1.54. The van der Waals surface area contributed by atoms with Gasteiger partial charge in [-0.3, -0.25) is 0 Å². The van der Waals surface area contributed by atoms with Crippen LogP contribution in [0.3, 0.4) is 0 Å². The van der Waals surface area contributed by atoms with E-state index in [2.05, 4.69) is 5.16 Å². The molecule has 0 spiro atoms. The van der Waals surface area contributed by atoms with Crippen LogP contribution in [-0.2, 0) is 19.1 Å². The molecule has 0 aliphatic heterocycles. The Labute approximate surface area is 106 Å². The minimum Gasteiger partial charge on any atom is -0.411 e. The first-order valence-corrected chi connectivity index (χ1v) is 4.73. The summed E-state index contributed by atoms with van der Waals surface area (Å²) in [5.74, 6) is -5.75. The molecule has 114 valence electrons. The van der Waals surface area contributed by atoms with Crippen LogP contribution < -0.4 is 0 Å². The van der Waals surface area contributed by atoms with Crippen molar-refractivity contribution >= 4 is 6.21 Å². The van der Waals surface area contributed by atoms with E-state index in [1.807, 2.05) is 0 Å². The molecule has 0 aliphatic rings. The third-order valence-corrected chi connectivity index (χ3v) is 2.38. The van der Waals surface area contributed by atoms with Crippen LogP contribution >= 0.6 is 0 Å². The zero-order valence-electron chi connectivity index (χ0n) is 9.52. The second-order valence-corrected chi connectivity index (χ2v) is 3.73. The molecule has 1 aromatic heterocycles. The molecule has 1 heterocycles. The highest BCUT2D eigenvalue weighted by Crippen LogP contribution is 2.49. The maximum Gasteiger partial charge on any atom is 0.458 e. The van der Waals surface area contributed by atoms with Gasteiger partial charge in [-0.2, -0.15) is 35.1 Å². The van der Waals surface area contributed by atoms with E-state index < -0.39 is 35.1 Å². The monoisotopic (exact) mass is 310 g/mol. The number of oxime groups is 1. The van der Waals surface area contributed by atoms with Crippen LogP contribution in [0.15, 0.2) is 11.4 Å². The van der Waals surface area contributed by atoms with E-state index in [0.29, 0.717) is 4.57 Å². The van der Waals surface area contributed by atoms with Crippen molar-refractivity contribution in [3.63, 3.8) is 0 Å². The number of rotatable bonds is 2. The zero-order valence-corrected chi connectivity index (χ0v) is 9.52. The SMILES string of the molecule is Cn1cc(C(F)(F)F)c(C(F)(F)C(F)(F)F)c1/C=N/O. The van der Waals surface area contributed by atoms with Crippen molar-refractivity contribution < 1.29 is 40.3 Å². The largest absolute Gasteiger partial charge is 0.458 e. The molecule has 0 amide bonds. The molecule has 1 N–H and O–H groups in total. The quantitative estimate of drug-likeness (QED) is 0.386. The minimum atomic E-state index is -6.23. The van der Waals surface area contributed by atoms with Crippen LogP contribution in [0.2, 0.25) is 0 Å². The van der Waals surface area contributed by atoms with Crippen molar-refractivity contribution in [3.05, 3.63) is 23.0 Å². The first kappa shape index (κ1) is 16.2. The van der Waals surface area contributed by atoms with Crippen molar-refractivity contribution in [2.24, 2.45) is 12.2 Å². The molecule has 1 rings (SSSR count). The molecule has 0 aromatic carbocycles. The standard InChI is InChI=1S/C9H6F8N2O/c1-19-3-4(8(12,13)14)6(5(19)2-18-20)7(10,11)9(15,16)17/h2-3,20H,1H3/b18-2+. The van der Waals surface area contributed by atoms with Gasteiger partial charge >= 0.3 is 18.3 Å². The molecule has 1 aromatic rings. The number of alkyl halides is 8. The lowest BCUT2D eigenvalue weighted by Crippen LogP contribution is -2.36. The second kappa shape index (κ2) is 4.63. The summed E-state index contributed by atoms with van der Waals surface area (Å²) in [7, 11) is 0.808. The van der Waals surface area contributed by atoms with E-state index in [4.69, 9.17) is 5.21 Å². The normalized spacial score (nSPS) is 14.2. The highest BCUT2D eigenvalue weighted by atomic mass is 19.4. The predicted molar refractivity (Wildman–Crippen MR) is 49.7 cm³/mol. The van der Waals surface area contributed by atoms with Crippen LogP contribution in [0.5, 0.6) is 0 Å². The summed E-state index contributed by atoms with van der Waals surface area (Å²) in [5, 5.41) is 10.4. The molecule has 0 saturated heterocycles. The lowest BCUT2D eigenvalue weighted by Gasteiger charge is -2.22. The Morgan fingerprint density at radius 3 is 1.95 bits per heavy atom. The Bertz CT molecular complexity index is 525. The summed E-state index contributed by atoms with van der Waals surface area (Å²) in [6, 6.07) is 0. The van der Waals surface area contributed by atoms with Crippen LogP contribution in [0.4, 0.5) is 35.1 Å². The van der Waals surface area contributed by atoms with Crippen LogP contribution in [0, 0.1) is 0 Å². The van der Waals surface area contributed by atoms with Gasteiger partial charge in [-0.15, -0.1) is 0 Å². The summed E-state index contributed by atoms with van der Waals surface area (Å²) in [6.45, 7) is 0. The van der Waals surface area contributed by atoms with Crippen LogP contribution in [0.25, 0.3) is 0 Å². The number of hydrogen-bond acceptors (Lipinski definition) is 2. The highest BCUT2D eigenvalue weighted by Gasteiger charge is 2.63. The molecule has 0 unspecified atom stereocenters. The fraction of sp³-hybridized carbons (Fsp3) is 0.444. The van der Waals surface area contributed by atoms with Crippen LogP contribution in [-0.4, -0.2) is 22.2 Å². The summed E-state index contributed by atoms with van der Waals surface area (Å²) in [5.41, 5.74) is -5.67. The number of aryl methyl sites for hydroxylation is 1. The summed E-state index contributed by atoms with van der Waals surface area (Å²) >= 11 is 0. The second-order valence-electron chi connectivity index (χ2n) is 3.73. The van der Waals surface area contributed by atoms with E-state index >= 15 is 0 Å². The van der Waals surface area contributed by atoms with Gasteiger partial charge in [0.1, 0.15) is 0 Å². The van der Waals surface area contributed by atoms with Crippen LogP contribution in [0.1, 0.15) is 16.8 Å². The van der Waals surface area contributed by atoms with Crippen molar-refractivity contribution in [3.8, 4) is 0 Å². The molecular weight excluding hydrogens is 304 g/mol. The molecule has 3 nitrogen and oxygen atoms in total. The van der Waals surface area contributed by atoms with E-state index in [9.17, 15) is 35.1 Å². The fourth-order valence-corrected chi connectivity index (χ4v) is 1.54. The topological polar surface area (TPSA) is 37.5 Å². The number of aromatic nitrogens is 1. The molecule has 11 heteroatoms. The van der Waals surface area contributed by atoms with E-state index in [0.717, 1.165) is 7.05 Å².